The van der Waals surface area contributed by atoms with E-state index < -0.39 is 0 Å². The number of anilines is 2. The first-order chi connectivity index (χ1) is 11.8. The predicted molar refractivity (Wildman–Crippen MR) is 108 cm³/mol. The maximum atomic E-state index is 6.26. The summed E-state index contributed by atoms with van der Waals surface area (Å²) in [6.07, 6.45) is 7.89. The third-order valence-corrected chi connectivity index (χ3v) is 6.08. The molecule has 0 saturated heterocycles. The van der Waals surface area contributed by atoms with Crippen LogP contribution < -0.4 is 11.1 Å². The van der Waals surface area contributed by atoms with Gasteiger partial charge >= 0.3 is 0 Å². The molecule has 140 valence electrons. The van der Waals surface area contributed by atoms with E-state index in [1.807, 2.05) is 0 Å². The van der Waals surface area contributed by atoms with E-state index in [0.29, 0.717) is 17.8 Å². The Bertz CT molecular complexity index is 629. The number of hydrogen-bond donors (Lipinski definition) is 3. The molecule has 5 nitrogen and oxygen atoms in total. The van der Waals surface area contributed by atoms with Crippen LogP contribution in [0, 0.1) is 0 Å². The van der Waals surface area contributed by atoms with E-state index in [0.717, 1.165) is 29.1 Å². The number of allylic oxidation sites excluding steroid dienone is 3. The Labute approximate surface area is 153 Å². The average molecular weight is 347 g/mol. The third kappa shape index (κ3) is 4.46. The average Bonchev–Trinajstić information content (AvgIpc) is 3.11. The molecule has 1 aliphatic carbocycles. The van der Waals surface area contributed by atoms with Crippen LogP contribution >= 0.6 is 0 Å². The van der Waals surface area contributed by atoms with Crippen molar-refractivity contribution in [2.45, 2.75) is 66.0 Å². The Morgan fingerprint density at radius 2 is 1.88 bits per heavy atom. The summed E-state index contributed by atoms with van der Waals surface area (Å²) < 4.78 is 1.03. The number of hydrogen-bond acceptors (Lipinski definition) is 3. The molecule has 0 bridgehead atoms. The van der Waals surface area contributed by atoms with E-state index in [1.165, 1.54) is 30.4 Å². The molecule has 1 aromatic rings. The number of likely N-dealkylation sites (N-methyl/N-ethyl adjacent to an activating group) is 1. The Morgan fingerprint density at radius 3 is 2.44 bits per heavy atom. The van der Waals surface area contributed by atoms with Gasteiger partial charge in [-0.1, -0.05) is 11.6 Å². The molecule has 25 heavy (non-hydrogen) atoms. The summed E-state index contributed by atoms with van der Waals surface area (Å²) in [7, 11) is 2.32. The van der Waals surface area contributed by atoms with Crippen LogP contribution in [0.1, 0.15) is 59.6 Å². The zero-order valence-electron chi connectivity index (χ0n) is 16.8. The van der Waals surface area contributed by atoms with Gasteiger partial charge in [0.25, 0.3) is 0 Å². The molecule has 0 spiro atoms. The first kappa shape index (κ1) is 19.6. The van der Waals surface area contributed by atoms with Crippen molar-refractivity contribution in [3.63, 3.8) is 0 Å². The Hall–Kier alpha value is -1.75. The zero-order valence-corrected chi connectivity index (χ0v) is 16.8. The van der Waals surface area contributed by atoms with Crippen molar-refractivity contribution in [1.82, 2.24) is 10.2 Å². The first-order valence-corrected chi connectivity index (χ1v) is 9.55. The smallest absolute Gasteiger partial charge is 0.171 e. The Balaban J connectivity index is 1.97. The summed E-state index contributed by atoms with van der Waals surface area (Å²) in [5.74, 6) is 0.760. The van der Waals surface area contributed by atoms with Crippen LogP contribution in [0.2, 0.25) is 0 Å². The van der Waals surface area contributed by atoms with Crippen molar-refractivity contribution in [2.24, 2.45) is 0 Å². The van der Waals surface area contributed by atoms with Crippen LogP contribution in [-0.4, -0.2) is 46.9 Å². The second kappa shape index (κ2) is 8.09. The number of nitrogens with one attached hydrogen (secondary N) is 2. The molecular formula is C20H36N5+. The van der Waals surface area contributed by atoms with Crippen LogP contribution in [0.4, 0.5) is 11.5 Å². The van der Waals surface area contributed by atoms with E-state index in [2.05, 4.69) is 69.3 Å². The fourth-order valence-corrected chi connectivity index (χ4v) is 3.48. The topological polar surface area (TPSA) is 66.7 Å². The quantitative estimate of drug-likeness (QED) is 0.619. The normalized spacial score (nSPS) is 16.0. The molecule has 0 amide bonds. The van der Waals surface area contributed by atoms with Crippen LogP contribution in [0.3, 0.4) is 0 Å². The number of quaternary nitrogens is 1. The lowest BCUT2D eigenvalue weighted by molar-refractivity contribution is -0.947. The van der Waals surface area contributed by atoms with Crippen LogP contribution in [0.5, 0.6) is 0 Å². The summed E-state index contributed by atoms with van der Waals surface area (Å²) in [6, 6.07) is 1.17. The van der Waals surface area contributed by atoms with Crippen molar-refractivity contribution in [1.29, 1.82) is 0 Å². The van der Waals surface area contributed by atoms with Crippen molar-refractivity contribution < 1.29 is 4.48 Å². The van der Waals surface area contributed by atoms with E-state index >= 15 is 0 Å². The molecule has 0 unspecified atom stereocenters. The number of nitrogen functional groups attached to an aromatic ring is 1. The van der Waals surface area contributed by atoms with E-state index in [9.17, 15) is 0 Å². The summed E-state index contributed by atoms with van der Waals surface area (Å²) >= 11 is 0. The zero-order chi connectivity index (χ0) is 18.6. The molecule has 5 heteroatoms. The number of nitrogens with zero attached hydrogens (tertiary/aromatic N) is 2. The minimum atomic E-state index is 0.583. The lowest BCUT2D eigenvalue weighted by Gasteiger charge is -2.42. The maximum Gasteiger partial charge on any atom is 0.171 e. The van der Waals surface area contributed by atoms with Crippen molar-refractivity contribution >= 4 is 17.6 Å². The highest BCUT2D eigenvalue weighted by Crippen LogP contribution is 2.28. The third-order valence-electron chi connectivity index (χ3n) is 6.08. The molecule has 0 aliphatic heterocycles. The highest BCUT2D eigenvalue weighted by molar-refractivity contribution is 5.73. The lowest BCUT2D eigenvalue weighted by Crippen LogP contribution is -2.56. The number of H-pyrrole nitrogens is 1. The minimum Gasteiger partial charge on any atom is -0.394 e. The molecule has 1 heterocycles. The van der Waals surface area contributed by atoms with E-state index in [1.54, 1.807) is 0 Å². The van der Waals surface area contributed by atoms with Gasteiger partial charge in [0.1, 0.15) is 5.69 Å². The van der Waals surface area contributed by atoms with Gasteiger partial charge in [0.15, 0.2) is 5.82 Å². The summed E-state index contributed by atoms with van der Waals surface area (Å²) in [6.45, 7) is 13.2. The summed E-state index contributed by atoms with van der Waals surface area (Å²) in [5.41, 5.74) is 10.8. The fraction of sp³-hybridized carbons (Fsp3) is 0.650. The molecule has 0 atom stereocenters. The van der Waals surface area contributed by atoms with Gasteiger partial charge in [0, 0.05) is 0 Å². The monoisotopic (exact) mass is 346 g/mol. The number of nitrogens with two attached hydrogens (primary N) is 1. The number of aromatic nitrogens is 2. The molecule has 0 radical (unpaired) electrons. The van der Waals surface area contributed by atoms with Gasteiger partial charge in [-0.05, 0) is 65.5 Å². The number of rotatable bonds is 8. The molecule has 4 N–H and O–H groups in total. The SMILES string of the molecule is CC1=C(/C=C\c2[nH]nc(NCC[N+](C)(C(C)C)C(C)C)c2N)CCC1. The van der Waals surface area contributed by atoms with E-state index in [4.69, 9.17) is 5.73 Å². The van der Waals surface area contributed by atoms with Gasteiger partial charge in [0.2, 0.25) is 0 Å². The van der Waals surface area contributed by atoms with Gasteiger partial charge in [0.05, 0.1) is 37.9 Å². The van der Waals surface area contributed by atoms with Crippen molar-refractivity contribution in [2.75, 3.05) is 31.2 Å². The maximum absolute atomic E-state index is 6.26. The van der Waals surface area contributed by atoms with Crippen LogP contribution in [-0.2, 0) is 0 Å². The minimum absolute atomic E-state index is 0.583. The molecule has 0 saturated carbocycles. The van der Waals surface area contributed by atoms with Crippen molar-refractivity contribution in [3.8, 4) is 0 Å². The Morgan fingerprint density at radius 1 is 1.20 bits per heavy atom. The Kier molecular flexibility index (Phi) is 6.33. The molecule has 0 fully saturated rings. The highest BCUT2D eigenvalue weighted by Gasteiger charge is 2.29. The highest BCUT2D eigenvalue weighted by atomic mass is 15.4. The number of aromatic amines is 1. The predicted octanol–water partition coefficient (Wildman–Crippen LogP) is 4.18. The summed E-state index contributed by atoms with van der Waals surface area (Å²) in [5, 5.41) is 10.8. The van der Waals surface area contributed by atoms with Crippen LogP contribution in [0.25, 0.3) is 6.08 Å². The second-order valence-electron chi connectivity index (χ2n) is 8.08. The van der Waals surface area contributed by atoms with Gasteiger partial charge in [-0.15, -0.1) is 0 Å². The molecule has 1 aromatic heterocycles. The fourth-order valence-electron chi connectivity index (χ4n) is 3.48. The van der Waals surface area contributed by atoms with Gasteiger partial charge in [-0.3, -0.25) is 5.10 Å². The van der Waals surface area contributed by atoms with E-state index in [-0.39, 0.29) is 0 Å². The summed E-state index contributed by atoms with van der Waals surface area (Å²) in [4.78, 5) is 0. The van der Waals surface area contributed by atoms with Gasteiger partial charge < -0.3 is 15.5 Å². The molecule has 2 rings (SSSR count). The lowest BCUT2D eigenvalue weighted by atomic mass is 10.1. The second-order valence-corrected chi connectivity index (χ2v) is 8.08. The first-order valence-electron chi connectivity index (χ1n) is 9.55. The molecule has 1 aliphatic rings. The van der Waals surface area contributed by atoms with Gasteiger partial charge in [-0.2, -0.15) is 5.10 Å². The van der Waals surface area contributed by atoms with Gasteiger partial charge in [-0.25, -0.2) is 0 Å². The molecule has 0 aromatic carbocycles. The molecular weight excluding hydrogens is 310 g/mol. The largest absolute Gasteiger partial charge is 0.394 e. The standard InChI is InChI=1S/C20H36N5/c1-14(2)25(6,15(3)4)13-12-22-20-19(21)18(23-24-20)11-10-17-9-7-8-16(17)5/h10-11,14-15H,7-9,12-13,21H2,1-6H3,(H2,22,23,24)/q+1/b11-10-. The van der Waals surface area contributed by atoms with Crippen molar-refractivity contribution in [3.05, 3.63) is 22.9 Å². The van der Waals surface area contributed by atoms with Crippen LogP contribution in [0.15, 0.2) is 17.2 Å².